The molecule has 1 N–H and O–H groups in total. The molecule has 1 aromatic heterocycles. The Bertz CT molecular complexity index is 1110. The van der Waals surface area contributed by atoms with Crippen molar-refractivity contribution in [3.63, 3.8) is 0 Å². The zero-order chi connectivity index (χ0) is 20.9. The molecule has 0 radical (unpaired) electrons. The topological polar surface area (TPSA) is 80.1 Å². The maximum absolute atomic E-state index is 12.5. The molecule has 0 atom stereocenters. The summed E-state index contributed by atoms with van der Waals surface area (Å²) in [4.78, 5) is 27.4. The van der Waals surface area contributed by atoms with Gasteiger partial charge in [0.15, 0.2) is 0 Å². The van der Waals surface area contributed by atoms with Crippen molar-refractivity contribution in [2.24, 2.45) is 0 Å². The van der Waals surface area contributed by atoms with Crippen molar-refractivity contribution in [2.45, 2.75) is 26.4 Å². The van der Waals surface area contributed by atoms with E-state index in [1.165, 1.54) is 21.8 Å². The zero-order valence-corrected chi connectivity index (χ0v) is 17.8. The van der Waals surface area contributed by atoms with Crippen LogP contribution >= 0.6 is 11.8 Å². The number of nitrogens with zero attached hydrogens (tertiary/aromatic N) is 4. The monoisotopic (exact) mass is 423 g/mol. The van der Waals surface area contributed by atoms with Gasteiger partial charge in [-0.25, -0.2) is 4.68 Å². The van der Waals surface area contributed by atoms with E-state index in [4.69, 9.17) is 0 Å². The fourth-order valence-corrected chi connectivity index (χ4v) is 4.55. The summed E-state index contributed by atoms with van der Waals surface area (Å²) >= 11 is 2.01. The number of carbonyl (C=O) groups excluding carboxylic acids is 1. The second kappa shape index (κ2) is 9.40. The predicted molar refractivity (Wildman–Crippen MR) is 121 cm³/mol. The molecular weight excluding hydrogens is 398 g/mol. The highest BCUT2D eigenvalue weighted by molar-refractivity contribution is 7.99. The summed E-state index contributed by atoms with van der Waals surface area (Å²) in [6.07, 6.45) is 0.152. The Balaban J connectivity index is 1.36. The molecule has 1 aliphatic heterocycles. The Hall–Kier alpha value is -2.71. The molecule has 0 saturated carbocycles. The van der Waals surface area contributed by atoms with Gasteiger partial charge < -0.3 is 5.32 Å². The van der Waals surface area contributed by atoms with E-state index in [2.05, 4.69) is 32.7 Å². The number of anilines is 1. The number of benzene rings is 2. The summed E-state index contributed by atoms with van der Waals surface area (Å²) < 4.78 is 1.24. The van der Waals surface area contributed by atoms with Gasteiger partial charge in [-0.15, -0.1) is 5.10 Å². The summed E-state index contributed by atoms with van der Waals surface area (Å²) in [7, 11) is 0. The van der Waals surface area contributed by atoms with Gasteiger partial charge in [0.25, 0.3) is 5.56 Å². The smallest absolute Gasteiger partial charge is 0.277 e. The van der Waals surface area contributed by atoms with Crippen LogP contribution in [0.25, 0.3) is 10.9 Å². The van der Waals surface area contributed by atoms with Crippen molar-refractivity contribution in [3.05, 3.63) is 63.9 Å². The van der Waals surface area contributed by atoms with E-state index in [9.17, 15) is 9.59 Å². The molecule has 2 heterocycles. The first-order valence-corrected chi connectivity index (χ1v) is 11.3. The second-order valence-corrected chi connectivity index (χ2v) is 8.70. The van der Waals surface area contributed by atoms with E-state index in [1.54, 1.807) is 18.2 Å². The van der Waals surface area contributed by atoms with Crippen LogP contribution in [0.2, 0.25) is 0 Å². The molecule has 1 saturated heterocycles. The number of rotatable bonds is 6. The average Bonchev–Trinajstić information content (AvgIpc) is 2.76. The molecule has 7 nitrogen and oxygen atoms in total. The number of aromatic nitrogens is 3. The Kier molecular flexibility index (Phi) is 6.44. The molecule has 156 valence electrons. The number of hydrogen-bond donors (Lipinski definition) is 1. The SMILES string of the molecule is Cc1cc(CN2CCSCC2)ccc1NC(=O)CCn1nnc2ccccc2c1=O. The van der Waals surface area contributed by atoms with E-state index in [0.717, 1.165) is 30.9 Å². The third-order valence-corrected chi connectivity index (χ3v) is 6.20. The number of fused-ring (bicyclic) bond motifs is 1. The van der Waals surface area contributed by atoms with E-state index < -0.39 is 0 Å². The van der Waals surface area contributed by atoms with Crippen LogP contribution in [0, 0.1) is 6.92 Å². The molecule has 8 heteroatoms. The molecule has 1 amide bonds. The van der Waals surface area contributed by atoms with Gasteiger partial charge in [0.05, 0.1) is 11.9 Å². The van der Waals surface area contributed by atoms with Crippen LogP contribution in [-0.2, 0) is 17.9 Å². The van der Waals surface area contributed by atoms with Crippen molar-refractivity contribution in [1.29, 1.82) is 0 Å². The molecule has 1 aliphatic rings. The fraction of sp³-hybridized carbons (Fsp3) is 0.364. The molecule has 0 bridgehead atoms. The standard InChI is InChI=1S/C22H25N5O2S/c1-16-14-17(15-26-10-12-30-13-11-26)6-7-19(16)23-21(28)8-9-27-22(29)18-4-2-3-5-20(18)24-25-27/h2-7,14H,8-13,15H2,1H3,(H,23,28). The van der Waals surface area contributed by atoms with Crippen molar-refractivity contribution in [2.75, 3.05) is 29.9 Å². The lowest BCUT2D eigenvalue weighted by Gasteiger charge is -2.26. The molecule has 1 fully saturated rings. The maximum Gasteiger partial charge on any atom is 0.277 e. The molecule has 30 heavy (non-hydrogen) atoms. The van der Waals surface area contributed by atoms with Gasteiger partial charge in [-0.3, -0.25) is 14.5 Å². The van der Waals surface area contributed by atoms with Gasteiger partial charge >= 0.3 is 0 Å². The third kappa shape index (κ3) is 4.88. The number of nitrogens with one attached hydrogen (secondary N) is 1. The third-order valence-electron chi connectivity index (χ3n) is 5.25. The van der Waals surface area contributed by atoms with Gasteiger partial charge in [0.2, 0.25) is 5.91 Å². The fourth-order valence-electron chi connectivity index (χ4n) is 3.57. The minimum Gasteiger partial charge on any atom is -0.326 e. The lowest BCUT2D eigenvalue weighted by Crippen LogP contribution is -2.31. The summed E-state index contributed by atoms with van der Waals surface area (Å²) in [6.45, 7) is 5.38. The molecule has 0 spiro atoms. The first kappa shape index (κ1) is 20.6. The highest BCUT2D eigenvalue weighted by Crippen LogP contribution is 2.19. The van der Waals surface area contributed by atoms with Crippen LogP contribution in [-0.4, -0.2) is 50.4 Å². The highest BCUT2D eigenvalue weighted by atomic mass is 32.2. The van der Waals surface area contributed by atoms with Gasteiger partial charge in [0.1, 0.15) is 5.52 Å². The summed E-state index contributed by atoms with van der Waals surface area (Å²) in [5.41, 5.74) is 3.42. The van der Waals surface area contributed by atoms with Gasteiger partial charge in [0, 0.05) is 43.2 Å². The molecule has 0 aliphatic carbocycles. The number of hydrogen-bond acceptors (Lipinski definition) is 6. The van der Waals surface area contributed by atoms with E-state index in [-0.39, 0.29) is 24.4 Å². The second-order valence-electron chi connectivity index (χ2n) is 7.47. The Morgan fingerprint density at radius 1 is 1.17 bits per heavy atom. The minimum absolute atomic E-state index is 0.152. The predicted octanol–water partition coefficient (Wildman–Crippen LogP) is 2.68. The van der Waals surface area contributed by atoms with E-state index in [1.807, 2.05) is 30.8 Å². The summed E-state index contributed by atoms with van der Waals surface area (Å²) in [5, 5.41) is 11.4. The molecule has 0 unspecified atom stereocenters. The van der Waals surface area contributed by atoms with Crippen LogP contribution in [0.4, 0.5) is 5.69 Å². The Morgan fingerprint density at radius 2 is 1.97 bits per heavy atom. The summed E-state index contributed by atoms with van der Waals surface area (Å²) in [5.74, 6) is 2.23. The zero-order valence-electron chi connectivity index (χ0n) is 17.0. The van der Waals surface area contributed by atoms with Crippen molar-refractivity contribution < 1.29 is 4.79 Å². The molecule has 4 rings (SSSR count). The first-order chi connectivity index (χ1) is 14.6. The van der Waals surface area contributed by atoms with Crippen LogP contribution in [0.3, 0.4) is 0 Å². The Morgan fingerprint density at radius 3 is 2.77 bits per heavy atom. The summed E-state index contributed by atoms with van der Waals surface area (Å²) in [6, 6.07) is 13.2. The minimum atomic E-state index is -0.231. The van der Waals surface area contributed by atoms with Gasteiger partial charge in [-0.2, -0.15) is 11.8 Å². The average molecular weight is 424 g/mol. The van der Waals surface area contributed by atoms with E-state index >= 15 is 0 Å². The normalized spacial score (nSPS) is 14.7. The van der Waals surface area contributed by atoms with Crippen molar-refractivity contribution in [1.82, 2.24) is 19.9 Å². The lowest BCUT2D eigenvalue weighted by molar-refractivity contribution is -0.116. The van der Waals surface area contributed by atoms with Crippen molar-refractivity contribution in [3.8, 4) is 0 Å². The highest BCUT2D eigenvalue weighted by Gasteiger charge is 2.12. The largest absolute Gasteiger partial charge is 0.326 e. The van der Waals surface area contributed by atoms with Crippen LogP contribution < -0.4 is 10.9 Å². The number of amides is 1. The number of thioether (sulfide) groups is 1. The van der Waals surface area contributed by atoms with Crippen molar-refractivity contribution >= 4 is 34.3 Å². The van der Waals surface area contributed by atoms with Gasteiger partial charge in [-0.05, 0) is 36.2 Å². The van der Waals surface area contributed by atoms with Gasteiger partial charge in [-0.1, -0.05) is 29.5 Å². The number of carbonyl (C=O) groups is 1. The maximum atomic E-state index is 12.5. The molecule has 3 aromatic rings. The molecular formula is C22H25N5O2S. The van der Waals surface area contributed by atoms with E-state index in [0.29, 0.717) is 10.9 Å². The van der Waals surface area contributed by atoms with Crippen LogP contribution in [0.15, 0.2) is 47.3 Å². The van der Waals surface area contributed by atoms with Crippen LogP contribution in [0.1, 0.15) is 17.5 Å². The number of aryl methyl sites for hydroxylation is 2. The molecule has 2 aromatic carbocycles. The lowest BCUT2D eigenvalue weighted by atomic mass is 10.1. The Labute approximate surface area is 179 Å². The quantitative estimate of drug-likeness (QED) is 0.657. The van der Waals surface area contributed by atoms with Crippen LogP contribution in [0.5, 0.6) is 0 Å². The first-order valence-electron chi connectivity index (χ1n) is 10.1.